The average molecular weight is 472 g/mol. The van der Waals surface area contributed by atoms with Gasteiger partial charge in [-0.1, -0.05) is 26.8 Å². The molecular weight excluding hydrogens is 430 g/mol. The highest BCUT2D eigenvalue weighted by atomic mass is 16.6. The van der Waals surface area contributed by atoms with E-state index in [9.17, 15) is 24.3 Å². The third-order valence-electron chi connectivity index (χ3n) is 4.10. The van der Waals surface area contributed by atoms with Gasteiger partial charge in [-0.15, -0.1) is 6.58 Å². The van der Waals surface area contributed by atoms with E-state index in [4.69, 9.17) is 14.2 Å². The molecule has 0 fully saturated rings. The van der Waals surface area contributed by atoms with Crippen molar-refractivity contribution in [2.75, 3.05) is 13.1 Å². The van der Waals surface area contributed by atoms with E-state index in [1.165, 1.54) is 0 Å². The highest BCUT2D eigenvalue weighted by molar-refractivity contribution is 5.80. The minimum Gasteiger partial charge on any atom is -0.480 e. The van der Waals surface area contributed by atoms with Crippen LogP contribution in [-0.2, 0) is 33.4 Å². The fraction of sp³-hybridized carbons (Fsp3) is 0.750. The monoisotopic (exact) mass is 471 g/mol. The Kier molecular flexibility index (Phi) is 11.3. The van der Waals surface area contributed by atoms with Crippen molar-refractivity contribution < 1.29 is 38.5 Å². The summed E-state index contributed by atoms with van der Waals surface area (Å²) in [5, 5.41) is 10.1. The van der Waals surface area contributed by atoms with Gasteiger partial charge in [-0.2, -0.15) is 0 Å². The van der Waals surface area contributed by atoms with Gasteiger partial charge in [0.2, 0.25) is 0 Å². The maximum atomic E-state index is 12.6. The first kappa shape index (κ1) is 30.6. The second kappa shape index (κ2) is 12.2. The maximum Gasteiger partial charge on any atom is 0.324 e. The number of ether oxygens (including phenoxy) is 3. The molecule has 9 nitrogen and oxygen atoms in total. The van der Waals surface area contributed by atoms with Crippen LogP contribution in [0.15, 0.2) is 12.7 Å². The van der Waals surface area contributed by atoms with Crippen LogP contribution in [0, 0.1) is 5.41 Å². The number of allylic oxidation sites excluding steroid dienone is 1. The van der Waals surface area contributed by atoms with Gasteiger partial charge in [0, 0.05) is 11.8 Å². The van der Waals surface area contributed by atoms with E-state index in [0.29, 0.717) is 6.42 Å². The lowest BCUT2D eigenvalue weighted by Gasteiger charge is -2.39. The molecule has 0 heterocycles. The molecule has 0 aliphatic carbocycles. The van der Waals surface area contributed by atoms with Crippen LogP contribution in [0.3, 0.4) is 0 Å². The van der Waals surface area contributed by atoms with Crippen molar-refractivity contribution in [3.63, 3.8) is 0 Å². The summed E-state index contributed by atoms with van der Waals surface area (Å²) in [5.41, 5.74) is -2.45. The Labute approximate surface area is 197 Å². The molecule has 0 spiro atoms. The summed E-state index contributed by atoms with van der Waals surface area (Å²) in [5.74, 6) is -3.39. The Morgan fingerprint density at radius 2 is 1.27 bits per heavy atom. The smallest absolute Gasteiger partial charge is 0.324 e. The quantitative estimate of drug-likeness (QED) is 0.275. The van der Waals surface area contributed by atoms with E-state index < -0.39 is 65.7 Å². The number of nitrogens with zero attached hydrogens (tertiary/aromatic N) is 1. The van der Waals surface area contributed by atoms with Crippen molar-refractivity contribution in [3.05, 3.63) is 12.7 Å². The molecule has 0 aromatic carbocycles. The number of carbonyl (C=O) groups is 4. The van der Waals surface area contributed by atoms with Crippen molar-refractivity contribution in [2.45, 2.75) is 98.5 Å². The molecule has 1 N–H and O–H groups in total. The first-order chi connectivity index (χ1) is 14.8. The van der Waals surface area contributed by atoms with E-state index in [1.807, 2.05) is 0 Å². The molecule has 0 radical (unpaired) electrons. The highest BCUT2D eigenvalue weighted by Gasteiger charge is 2.45. The molecule has 0 aromatic rings. The van der Waals surface area contributed by atoms with Gasteiger partial charge in [-0.3, -0.25) is 24.1 Å². The number of aliphatic carboxylic acids is 1. The van der Waals surface area contributed by atoms with Crippen LogP contribution in [-0.4, -0.2) is 70.3 Å². The lowest BCUT2D eigenvalue weighted by atomic mass is 9.83. The Morgan fingerprint density at radius 3 is 1.58 bits per heavy atom. The molecular formula is C24H41NO8. The largest absolute Gasteiger partial charge is 0.480 e. The fourth-order valence-corrected chi connectivity index (χ4v) is 2.94. The molecule has 33 heavy (non-hydrogen) atoms. The number of carboxylic acid groups (broad SMARTS) is 1. The van der Waals surface area contributed by atoms with Gasteiger partial charge >= 0.3 is 23.9 Å². The zero-order valence-corrected chi connectivity index (χ0v) is 21.5. The van der Waals surface area contributed by atoms with Gasteiger partial charge in [0.1, 0.15) is 23.3 Å². The highest BCUT2D eigenvalue weighted by Crippen LogP contribution is 2.29. The van der Waals surface area contributed by atoms with Crippen molar-refractivity contribution in [1.29, 1.82) is 0 Å². The zero-order chi connectivity index (χ0) is 26.2. The normalized spacial score (nSPS) is 14.2. The first-order valence-corrected chi connectivity index (χ1v) is 11.0. The van der Waals surface area contributed by atoms with Gasteiger partial charge in [0.15, 0.2) is 0 Å². The summed E-state index contributed by atoms with van der Waals surface area (Å²) in [6.07, 6.45) is 0.782. The van der Waals surface area contributed by atoms with E-state index in [0.717, 1.165) is 4.90 Å². The summed E-state index contributed by atoms with van der Waals surface area (Å²) in [4.78, 5) is 51.0. The van der Waals surface area contributed by atoms with Crippen molar-refractivity contribution in [1.82, 2.24) is 4.90 Å². The molecule has 2 unspecified atom stereocenters. The van der Waals surface area contributed by atoms with Crippen LogP contribution >= 0.6 is 0 Å². The average Bonchev–Trinajstić information content (AvgIpc) is 2.54. The molecule has 0 saturated heterocycles. The van der Waals surface area contributed by atoms with E-state index >= 15 is 0 Å². The second-order valence-electron chi connectivity index (χ2n) is 11.0. The number of carbonyl (C=O) groups excluding carboxylic acids is 3. The summed E-state index contributed by atoms with van der Waals surface area (Å²) in [7, 11) is 0. The van der Waals surface area contributed by atoms with Crippen LogP contribution in [0.4, 0.5) is 0 Å². The molecule has 0 bridgehead atoms. The minimum absolute atomic E-state index is 0.0283. The predicted molar refractivity (Wildman–Crippen MR) is 123 cm³/mol. The predicted octanol–water partition coefficient (Wildman–Crippen LogP) is 3.35. The van der Waals surface area contributed by atoms with Gasteiger partial charge in [0.05, 0.1) is 13.1 Å². The minimum atomic E-state index is -1.50. The van der Waals surface area contributed by atoms with Crippen LogP contribution in [0.1, 0.15) is 75.2 Å². The van der Waals surface area contributed by atoms with Crippen molar-refractivity contribution in [2.24, 2.45) is 5.41 Å². The summed E-state index contributed by atoms with van der Waals surface area (Å²) >= 11 is 0. The molecule has 0 rings (SSSR count). The van der Waals surface area contributed by atoms with E-state index in [1.54, 1.807) is 68.4 Å². The van der Waals surface area contributed by atoms with Crippen LogP contribution in [0.5, 0.6) is 0 Å². The summed E-state index contributed by atoms with van der Waals surface area (Å²) < 4.78 is 16.2. The second-order valence-corrected chi connectivity index (χ2v) is 11.0. The standard InChI is InChI=1S/C24H41NO8/c1-11-12-13-16(26)31-20(22(2,3)4)19(21(29)30)25(14-17(27)32-23(5,6)7)15-18(28)33-24(8,9)10/h11,19-20H,1,12-15H2,2-10H3,(H,29,30). The van der Waals surface area contributed by atoms with E-state index in [-0.39, 0.29) is 6.42 Å². The zero-order valence-electron chi connectivity index (χ0n) is 21.5. The van der Waals surface area contributed by atoms with Crippen molar-refractivity contribution >= 4 is 23.9 Å². The van der Waals surface area contributed by atoms with Gasteiger partial charge in [-0.25, -0.2) is 0 Å². The molecule has 0 aromatic heterocycles. The summed E-state index contributed by atoms with van der Waals surface area (Å²) in [6, 6.07) is -1.50. The lowest BCUT2D eigenvalue weighted by molar-refractivity contribution is -0.174. The van der Waals surface area contributed by atoms with E-state index in [2.05, 4.69) is 6.58 Å². The topological polar surface area (TPSA) is 119 Å². The molecule has 0 amide bonds. The fourth-order valence-electron chi connectivity index (χ4n) is 2.94. The van der Waals surface area contributed by atoms with Crippen LogP contribution in [0.25, 0.3) is 0 Å². The number of rotatable bonds is 11. The van der Waals surface area contributed by atoms with Crippen LogP contribution in [0.2, 0.25) is 0 Å². The molecule has 190 valence electrons. The first-order valence-electron chi connectivity index (χ1n) is 11.0. The third-order valence-corrected chi connectivity index (χ3v) is 4.10. The molecule has 0 aliphatic rings. The Balaban J connectivity index is 6.17. The van der Waals surface area contributed by atoms with Gasteiger partial charge in [-0.05, 0) is 48.0 Å². The lowest BCUT2D eigenvalue weighted by Crippen LogP contribution is -2.58. The number of hydrogen-bond acceptors (Lipinski definition) is 8. The Morgan fingerprint density at radius 1 is 0.848 bits per heavy atom. The van der Waals surface area contributed by atoms with Crippen LogP contribution < -0.4 is 0 Å². The molecule has 9 heteroatoms. The van der Waals surface area contributed by atoms with Crippen molar-refractivity contribution in [3.8, 4) is 0 Å². The maximum absolute atomic E-state index is 12.6. The van der Waals surface area contributed by atoms with Gasteiger partial charge < -0.3 is 19.3 Å². The number of esters is 3. The summed E-state index contributed by atoms with van der Waals surface area (Å²) in [6.45, 7) is 17.8. The molecule has 2 atom stereocenters. The molecule has 0 aliphatic heterocycles. The number of carboxylic acids is 1. The Bertz CT molecular complexity index is 679. The Hall–Kier alpha value is -2.42. The number of hydrogen-bond donors (Lipinski definition) is 1. The van der Waals surface area contributed by atoms with Gasteiger partial charge in [0.25, 0.3) is 0 Å². The SMILES string of the molecule is C=CCCC(=O)OC(C(C(=O)O)N(CC(=O)OC(C)(C)C)CC(=O)OC(C)(C)C)C(C)(C)C. The third kappa shape index (κ3) is 13.0. The molecule has 0 saturated carbocycles.